The van der Waals surface area contributed by atoms with Crippen LogP contribution in [0.2, 0.25) is 0 Å². The molecule has 3 aliphatic rings. The van der Waals surface area contributed by atoms with Gasteiger partial charge in [0.2, 0.25) is 5.91 Å². The summed E-state index contributed by atoms with van der Waals surface area (Å²) in [5, 5.41) is 5.65. The van der Waals surface area contributed by atoms with Crippen molar-refractivity contribution in [3.63, 3.8) is 0 Å². The number of benzene rings is 1. The van der Waals surface area contributed by atoms with E-state index in [1.807, 2.05) is 36.1 Å². The summed E-state index contributed by atoms with van der Waals surface area (Å²) >= 11 is 0. The molecule has 2 N–H and O–H groups in total. The van der Waals surface area contributed by atoms with E-state index in [0.717, 1.165) is 56.0 Å². The molecule has 1 aromatic carbocycles. The van der Waals surface area contributed by atoms with Crippen molar-refractivity contribution in [3.8, 4) is 11.4 Å². The van der Waals surface area contributed by atoms with Crippen molar-refractivity contribution in [2.45, 2.75) is 38.6 Å². The molecule has 2 saturated heterocycles. The Hall–Kier alpha value is -3.20. The summed E-state index contributed by atoms with van der Waals surface area (Å²) in [5.41, 5.74) is 3.75. The van der Waals surface area contributed by atoms with Crippen LogP contribution in [0.4, 0.5) is 16.3 Å². The summed E-state index contributed by atoms with van der Waals surface area (Å²) in [6.45, 7) is 6.34. The van der Waals surface area contributed by atoms with Crippen LogP contribution in [0, 0.1) is 0 Å². The fourth-order valence-corrected chi connectivity index (χ4v) is 4.82. The Balaban J connectivity index is 1.47. The highest BCUT2D eigenvalue weighted by atomic mass is 16.5. The van der Waals surface area contributed by atoms with Crippen LogP contribution in [0.1, 0.15) is 43.5 Å². The fourth-order valence-electron chi connectivity index (χ4n) is 4.82. The van der Waals surface area contributed by atoms with E-state index < -0.39 is 0 Å². The smallest absolute Gasteiger partial charge is 0.319 e. The third-order valence-corrected chi connectivity index (χ3v) is 6.51. The van der Waals surface area contributed by atoms with E-state index >= 15 is 0 Å². The Kier molecular flexibility index (Phi) is 6.13. The molecule has 2 fully saturated rings. The van der Waals surface area contributed by atoms with Gasteiger partial charge >= 0.3 is 6.03 Å². The normalized spacial score (nSPS) is 19.8. The molecule has 174 valence electrons. The minimum Gasteiger partial charge on any atom is -0.378 e. The molecule has 0 spiro atoms. The number of aromatic nitrogens is 2. The first-order valence-corrected chi connectivity index (χ1v) is 11.8. The second-order valence-corrected chi connectivity index (χ2v) is 8.68. The average Bonchev–Trinajstić information content (AvgIpc) is 3.24. The molecular formula is C24H30N6O3. The van der Waals surface area contributed by atoms with E-state index in [2.05, 4.69) is 15.5 Å². The number of rotatable bonds is 5. The highest BCUT2D eigenvalue weighted by Crippen LogP contribution is 2.41. The number of amides is 3. The van der Waals surface area contributed by atoms with Crippen LogP contribution in [-0.2, 0) is 16.0 Å². The summed E-state index contributed by atoms with van der Waals surface area (Å²) in [6.07, 6.45) is 3.05. The number of carbonyl (C=O) groups is 2. The van der Waals surface area contributed by atoms with Crippen molar-refractivity contribution in [2.75, 3.05) is 49.6 Å². The standard InChI is InChI=1S/C24H30N6O3/c1-2-10-25-24(32)26-17-5-3-16(4-6-17)22-27-21-18(9-11-30-19(21)7-8-20(30)31)23(28-22)29-12-14-33-15-13-29/h3-6,19H,2,7-15H2,1H3,(H2,25,26,32)/t19-/m1/s1. The predicted molar refractivity (Wildman–Crippen MR) is 125 cm³/mol. The van der Waals surface area contributed by atoms with Crippen LogP contribution in [0.5, 0.6) is 0 Å². The number of hydrogen-bond acceptors (Lipinski definition) is 6. The lowest BCUT2D eigenvalue weighted by molar-refractivity contribution is -0.129. The predicted octanol–water partition coefficient (Wildman–Crippen LogP) is 2.73. The maximum Gasteiger partial charge on any atom is 0.319 e. The number of fused-ring (bicyclic) bond motifs is 3. The maximum atomic E-state index is 12.4. The molecule has 5 rings (SSSR count). The van der Waals surface area contributed by atoms with Crippen LogP contribution < -0.4 is 15.5 Å². The van der Waals surface area contributed by atoms with Gasteiger partial charge in [0.25, 0.3) is 0 Å². The molecule has 0 bridgehead atoms. The zero-order valence-electron chi connectivity index (χ0n) is 19.0. The number of morpholine rings is 1. The number of ether oxygens (including phenoxy) is 1. The molecule has 3 aliphatic heterocycles. The molecular weight excluding hydrogens is 420 g/mol. The molecule has 9 nitrogen and oxygen atoms in total. The van der Waals surface area contributed by atoms with Gasteiger partial charge < -0.3 is 25.2 Å². The number of hydrogen-bond donors (Lipinski definition) is 2. The number of anilines is 2. The van der Waals surface area contributed by atoms with E-state index in [9.17, 15) is 9.59 Å². The largest absolute Gasteiger partial charge is 0.378 e. The topological polar surface area (TPSA) is 99.7 Å². The summed E-state index contributed by atoms with van der Waals surface area (Å²) in [6, 6.07) is 7.41. The average molecular weight is 451 g/mol. The fraction of sp³-hybridized carbons (Fsp3) is 0.500. The number of nitrogens with zero attached hydrogens (tertiary/aromatic N) is 4. The second kappa shape index (κ2) is 9.35. The highest BCUT2D eigenvalue weighted by Gasteiger charge is 2.39. The monoisotopic (exact) mass is 450 g/mol. The van der Waals surface area contributed by atoms with Gasteiger partial charge in [0.05, 0.1) is 24.9 Å². The van der Waals surface area contributed by atoms with Gasteiger partial charge in [-0.3, -0.25) is 4.79 Å². The van der Waals surface area contributed by atoms with E-state index in [1.165, 1.54) is 5.56 Å². The lowest BCUT2D eigenvalue weighted by atomic mass is 9.97. The third-order valence-electron chi connectivity index (χ3n) is 6.51. The Morgan fingerprint density at radius 1 is 1.12 bits per heavy atom. The number of urea groups is 1. The van der Waals surface area contributed by atoms with Crippen molar-refractivity contribution in [1.29, 1.82) is 0 Å². The quantitative estimate of drug-likeness (QED) is 0.727. The first-order valence-electron chi connectivity index (χ1n) is 11.8. The van der Waals surface area contributed by atoms with Crippen LogP contribution >= 0.6 is 0 Å². The Bertz CT molecular complexity index is 1040. The molecule has 4 heterocycles. The molecule has 0 radical (unpaired) electrons. The van der Waals surface area contributed by atoms with Crippen LogP contribution in [0.3, 0.4) is 0 Å². The molecule has 0 unspecified atom stereocenters. The van der Waals surface area contributed by atoms with Crippen molar-refractivity contribution < 1.29 is 14.3 Å². The maximum absolute atomic E-state index is 12.4. The Morgan fingerprint density at radius 3 is 2.67 bits per heavy atom. The van der Waals surface area contributed by atoms with Gasteiger partial charge in [-0.1, -0.05) is 6.92 Å². The van der Waals surface area contributed by atoms with Crippen molar-refractivity contribution in [2.24, 2.45) is 0 Å². The molecule has 3 amide bonds. The highest BCUT2D eigenvalue weighted by molar-refractivity contribution is 5.89. The minimum atomic E-state index is -0.213. The molecule has 2 aromatic rings. The van der Waals surface area contributed by atoms with E-state index in [4.69, 9.17) is 14.7 Å². The molecule has 33 heavy (non-hydrogen) atoms. The number of nitrogens with one attached hydrogen (secondary N) is 2. The molecule has 1 atom stereocenters. The van der Waals surface area contributed by atoms with Gasteiger partial charge in [0, 0.05) is 49.4 Å². The van der Waals surface area contributed by atoms with E-state index in [-0.39, 0.29) is 18.0 Å². The SMILES string of the molecule is CCCNC(=O)Nc1ccc(-c2nc3c(c(N4CCOCC4)n2)CCN2C(=O)CC[C@H]32)cc1. The summed E-state index contributed by atoms with van der Waals surface area (Å²) in [7, 11) is 0. The molecule has 1 aromatic heterocycles. The van der Waals surface area contributed by atoms with Gasteiger partial charge in [-0.15, -0.1) is 0 Å². The number of carbonyl (C=O) groups excluding carboxylic acids is 2. The second-order valence-electron chi connectivity index (χ2n) is 8.68. The Labute approximate surface area is 193 Å². The van der Waals surface area contributed by atoms with Gasteiger partial charge in [-0.2, -0.15) is 0 Å². The molecule has 0 aliphatic carbocycles. The van der Waals surface area contributed by atoms with Crippen molar-refractivity contribution in [3.05, 3.63) is 35.5 Å². The first kappa shape index (κ1) is 21.6. The molecule has 9 heteroatoms. The molecule has 0 saturated carbocycles. The summed E-state index contributed by atoms with van der Waals surface area (Å²) in [4.78, 5) is 38.6. The van der Waals surface area contributed by atoms with E-state index in [1.54, 1.807) is 0 Å². The summed E-state index contributed by atoms with van der Waals surface area (Å²) < 4.78 is 5.56. The lowest BCUT2D eigenvalue weighted by Crippen LogP contribution is -2.40. The van der Waals surface area contributed by atoms with Gasteiger partial charge in [-0.25, -0.2) is 14.8 Å². The van der Waals surface area contributed by atoms with Gasteiger partial charge in [0.1, 0.15) is 5.82 Å². The summed E-state index contributed by atoms with van der Waals surface area (Å²) in [5.74, 6) is 1.84. The van der Waals surface area contributed by atoms with Gasteiger partial charge in [0.15, 0.2) is 5.82 Å². The van der Waals surface area contributed by atoms with Crippen molar-refractivity contribution in [1.82, 2.24) is 20.2 Å². The Morgan fingerprint density at radius 2 is 1.91 bits per heavy atom. The first-order chi connectivity index (χ1) is 16.1. The zero-order chi connectivity index (χ0) is 22.8. The van der Waals surface area contributed by atoms with E-state index in [0.29, 0.717) is 37.7 Å². The van der Waals surface area contributed by atoms with Gasteiger partial charge in [-0.05, 0) is 43.5 Å². The van der Waals surface area contributed by atoms with Crippen LogP contribution in [0.25, 0.3) is 11.4 Å². The van der Waals surface area contributed by atoms with Crippen LogP contribution in [0.15, 0.2) is 24.3 Å². The lowest BCUT2D eigenvalue weighted by Gasteiger charge is -2.36. The van der Waals surface area contributed by atoms with Crippen molar-refractivity contribution >= 4 is 23.4 Å². The third kappa shape index (κ3) is 4.37. The van der Waals surface area contributed by atoms with Crippen LogP contribution in [-0.4, -0.2) is 66.2 Å². The minimum absolute atomic E-state index is 0.0333. The zero-order valence-corrected chi connectivity index (χ0v) is 19.0.